The fourth-order valence-electron chi connectivity index (χ4n) is 1.52. The van der Waals surface area contributed by atoms with E-state index in [0.717, 1.165) is 16.4 Å². The summed E-state index contributed by atoms with van der Waals surface area (Å²) in [6.45, 7) is 3.73. The van der Waals surface area contributed by atoms with E-state index in [-0.39, 0.29) is 18.8 Å². The zero-order valence-electron chi connectivity index (χ0n) is 11.0. The molecule has 0 radical (unpaired) electrons. The van der Waals surface area contributed by atoms with Gasteiger partial charge in [0.1, 0.15) is 5.82 Å². The number of hydrogen-bond donors (Lipinski definition) is 2. The van der Waals surface area contributed by atoms with Crippen molar-refractivity contribution in [3.8, 4) is 0 Å². The van der Waals surface area contributed by atoms with Crippen molar-refractivity contribution in [3.63, 3.8) is 0 Å². The van der Waals surface area contributed by atoms with Crippen molar-refractivity contribution in [1.82, 2.24) is 4.31 Å². The topological polar surface area (TPSA) is 110 Å². The van der Waals surface area contributed by atoms with Gasteiger partial charge in [-0.25, -0.2) is 17.9 Å². The summed E-state index contributed by atoms with van der Waals surface area (Å²) in [5, 5.41) is 4.85. The van der Waals surface area contributed by atoms with Crippen molar-refractivity contribution in [2.24, 2.45) is 5.14 Å². The Balaban J connectivity index is 3.12. The Morgan fingerprint density at radius 2 is 1.75 bits per heavy atom. The molecule has 1 aromatic carbocycles. The molecule has 0 aromatic heterocycles. The summed E-state index contributed by atoms with van der Waals surface area (Å²) in [4.78, 5) is -0.430. The first-order valence-electron chi connectivity index (χ1n) is 5.72. The third-order valence-corrected chi connectivity index (χ3v) is 5.14. The minimum Gasteiger partial charge on any atom is -0.268 e. The summed E-state index contributed by atoms with van der Waals surface area (Å²) in [7, 11) is -7.92. The van der Waals surface area contributed by atoms with Gasteiger partial charge in [-0.1, -0.05) is 13.8 Å². The first kappa shape index (κ1) is 16.8. The van der Waals surface area contributed by atoms with Crippen LogP contribution in [0, 0.1) is 5.82 Å². The first-order valence-corrected chi connectivity index (χ1v) is 8.70. The summed E-state index contributed by atoms with van der Waals surface area (Å²) in [6.07, 6.45) is 0. The molecule has 0 heterocycles. The van der Waals surface area contributed by atoms with Gasteiger partial charge in [0.2, 0.25) is 10.0 Å². The first-order chi connectivity index (χ1) is 9.11. The number of anilines is 1. The molecular formula is C10H16FN3O4S2. The molecule has 1 aromatic rings. The zero-order chi connectivity index (χ0) is 15.6. The van der Waals surface area contributed by atoms with Gasteiger partial charge in [-0.2, -0.15) is 12.7 Å². The van der Waals surface area contributed by atoms with Crippen molar-refractivity contribution in [3.05, 3.63) is 24.0 Å². The van der Waals surface area contributed by atoms with E-state index in [0.29, 0.717) is 6.07 Å². The number of benzene rings is 1. The number of sulfonamides is 1. The molecule has 1 rings (SSSR count). The van der Waals surface area contributed by atoms with Gasteiger partial charge < -0.3 is 0 Å². The van der Waals surface area contributed by atoms with E-state index in [1.807, 2.05) is 0 Å². The lowest BCUT2D eigenvalue weighted by atomic mass is 10.3. The average molecular weight is 325 g/mol. The highest BCUT2D eigenvalue weighted by molar-refractivity contribution is 7.90. The Hall–Kier alpha value is -1.23. The van der Waals surface area contributed by atoms with Gasteiger partial charge in [-0.15, -0.1) is 0 Å². The second-order valence-electron chi connectivity index (χ2n) is 3.88. The maximum atomic E-state index is 13.7. The normalized spacial score (nSPS) is 12.7. The molecular weight excluding hydrogens is 309 g/mol. The highest BCUT2D eigenvalue weighted by Crippen LogP contribution is 2.20. The summed E-state index contributed by atoms with van der Waals surface area (Å²) in [5.74, 6) is -1.02. The van der Waals surface area contributed by atoms with Crippen molar-refractivity contribution in [1.29, 1.82) is 0 Å². The molecule has 0 aliphatic heterocycles. The van der Waals surface area contributed by atoms with Crippen molar-refractivity contribution in [2.45, 2.75) is 18.7 Å². The lowest BCUT2D eigenvalue weighted by Gasteiger charge is -2.19. The summed E-state index contributed by atoms with van der Waals surface area (Å²) < 4.78 is 62.8. The van der Waals surface area contributed by atoms with Gasteiger partial charge in [0.05, 0.1) is 10.6 Å². The summed E-state index contributed by atoms with van der Waals surface area (Å²) in [5.41, 5.74) is -0.343. The SMILES string of the molecule is CCN(CC)S(=O)(=O)Nc1ccc(S(N)(=O)=O)cc1F. The molecule has 0 atom stereocenters. The van der Waals surface area contributed by atoms with E-state index >= 15 is 0 Å². The van der Waals surface area contributed by atoms with Crippen LogP contribution in [0.4, 0.5) is 10.1 Å². The number of halogens is 1. The fraction of sp³-hybridized carbons (Fsp3) is 0.400. The highest BCUT2D eigenvalue weighted by Gasteiger charge is 2.21. The second-order valence-corrected chi connectivity index (χ2v) is 7.11. The van der Waals surface area contributed by atoms with Crippen LogP contribution in [0.25, 0.3) is 0 Å². The third kappa shape index (κ3) is 3.88. The summed E-state index contributed by atoms with van der Waals surface area (Å²) >= 11 is 0. The van der Waals surface area contributed by atoms with E-state index < -0.39 is 30.9 Å². The quantitative estimate of drug-likeness (QED) is 0.792. The van der Waals surface area contributed by atoms with Crippen LogP contribution in [-0.4, -0.2) is 34.2 Å². The Bertz CT molecular complexity index is 684. The molecule has 0 aliphatic carbocycles. The van der Waals surface area contributed by atoms with Gasteiger partial charge in [0, 0.05) is 13.1 Å². The van der Waals surface area contributed by atoms with E-state index in [1.165, 1.54) is 0 Å². The van der Waals surface area contributed by atoms with Crippen molar-refractivity contribution >= 4 is 25.9 Å². The molecule has 114 valence electrons. The highest BCUT2D eigenvalue weighted by atomic mass is 32.2. The van der Waals surface area contributed by atoms with Gasteiger partial charge >= 0.3 is 10.2 Å². The van der Waals surface area contributed by atoms with Crippen LogP contribution in [-0.2, 0) is 20.2 Å². The molecule has 0 saturated carbocycles. The molecule has 20 heavy (non-hydrogen) atoms. The predicted molar refractivity (Wildman–Crippen MR) is 73.2 cm³/mol. The summed E-state index contributed by atoms with van der Waals surface area (Å²) in [6, 6.07) is 2.70. The maximum absolute atomic E-state index is 13.7. The third-order valence-electron chi connectivity index (χ3n) is 2.55. The zero-order valence-corrected chi connectivity index (χ0v) is 12.6. The predicted octanol–water partition coefficient (Wildman–Crippen LogP) is 0.472. The molecule has 0 saturated heterocycles. The number of rotatable bonds is 6. The van der Waals surface area contributed by atoms with E-state index in [9.17, 15) is 21.2 Å². The molecule has 7 nitrogen and oxygen atoms in total. The van der Waals surface area contributed by atoms with Crippen molar-refractivity contribution in [2.75, 3.05) is 17.8 Å². The second kappa shape index (κ2) is 6.04. The van der Waals surface area contributed by atoms with Crippen LogP contribution in [0.15, 0.2) is 23.1 Å². The largest absolute Gasteiger partial charge is 0.301 e. The Morgan fingerprint density at radius 3 is 2.15 bits per heavy atom. The number of nitrogens with two attached hydrogens (primary N) is 1. The molecule has 0 amide bonds. The number of nitrogens with one attached hydrogen (secondary N) is 1. The number of hydrogen-bond acceptors (Lipinski definition) is 4. The number of primary sulfonamides is 1. The average Bonchev–Trinajstić information content (AvgIpc) is 2.31. The molecule has 0 spiro atoms. The van der Waals surface area contributed by atoms with Gasteiger partial charge in [0.25, 0.3) is 0 Å². The minimum absolute atomic E-state index is 0.225. The van der Waals surface area contributed by atoms with Crippen LogP contribution < -0.4 is 9.86 Å². The Kier molecular flexibility index (Phi) is 5.08. The molecule has 0 fully saturated rings. The number of nitrogens with zero attached hydrogens (tertiary/aromatic N) is 1. The van der Waals surface area contributed by atoms with Crippen molar-refractivity contribution < 1.29 is 21.2 Å². The van der Waals surface area contributed by atoms with E-state index in [1.54, 1.807) is 13.8 Å². The Labute approximate surface area is 117 Å². The molecule has 3 N–H and O–H groups in total. The lowest BCUT2D eigenvalue weighted by molar-refractivity contribution is 0.449. The van der Waals surface area contributed by atoms with Crippen LogP contribution in [0.5, 0.6) is 0 Å². The molecule has 0 aliphatic rings. The smallest absolute Gasteiger partial charge is 0.268 e. The van der Waals surface area contributed by atoms with Gasteiger partial charge in [-0.3, -0.25) is 4.72 Å². The van der Waals surface area contributed by atoms with E-state index in [2.05, 4.69) is 4.72 Å². The standard InChI is InChI=1S/C10H16FN3O4S2/c1-3-14(4-2)20(17,18)13-10-6-5-8(7-9(10)11)19(12,15)16/h5-7,13H,3-4H2,1-2H3,(H2,12,15,16). The molecule has 10 heteroatoms. The van der Waals surface area contributed by atoms with Gasteiger partial charge in [0.15, 0.2) is 0 Å². The van der Waals surface area contributed by atoms with Crippen LogP contribution >= 0.6 is 0 Å². The Morgan fingerprint density at radius 1 is 1.20 bits per heavy atom. The maximum Gasteiger partial charge on any atom is 0.301 e. The fourth-order valence-corrected chi connectivity index (χ4v) is 3.30. The molecule has 0 bridgehead atoms. The lowest BCUT2D eigenvalue weighted by Crippen LogP contribution is -2.35. The molecule has 0 unspecified atom stereocenters. The van der Waals surface area contributed by atoms with Gasteiger partial charge in [-0.05, 0) is 18.2 Å². The van der Waals surface area contributed by atoms with Crippen LogP contribution in [0.1, 0.15) is 13.8 Å². The monoisotopic (exact) mass is 325 g/mol. The minimum atomic E-state index is -4.04. The van der Waals surface area contributed by atoms with Crippen LogP contribution in [0.2, 0.25) is 0 Å². The van der Waals surface area contributed by atoms with Crippen LogP contribution in [0.3, 0.4) is 0 Å². The van der Waals surface area contributed by atoms with E-state index in [4.69, 9.17) is 5.14 Å².